The van der Waals surface area contributed by atoms with Gasteiger partial charge in [-0.1, -0.05) is 11.6 Å². The van der Waals surface area contributed by atoms with Crippen molar-refractivity contribution in [2.24, 2.45) is 7.05 Å². The number of amides is 2. The molecule has 1 aromatic carbocycles. The van der Waals surface area contributed by atoms with Crippen LogP contribution in [0.15, 0.2) is 30.6 Å². The molecule has 23 heavy (non-hydrogen) atoms. The van der Waals surface area contributed by atoms with Crippen LogP contribution in [-0.4, -0.2) is 34.2 Å². The van der Waals surface area contributed by atoms with Gasteiger partial charge >= 0.3 is 0 Å². The number of nitrogens with zero attached hydrogens (tertiary/aromatic N) is 3. The Kier molecular flexibility index (Phi) is 4.04. The van der Waals surface area contributed by atoms with Crippen LogP contribution in [0.4, 0.5) is 10.1 Å². The van der Waals surface area contributed by atoms with E-state index in [0.717, 1.165) is 0 Å². The van der Waals surface area contributed by atoms with E-state index in [9.17, 15) is 14.0 Å². The fraction of sp³-hybridized carbons (Fsp3) is 0.267. The van der Waals surface area contributed by atoms with Crippen molar-refractivity contribution in [3.8, 4) is 0 Å². The summed E-state index contributed by atoms with van der Waals surface area (Å²) in [4.78, 5) is 25.9. The second-order valence-corrected chi connectivity index (χ2v) is 5.71. The normalized spacial score (nSPS) is 17.6. The number of anilines is 1. The molecular formula is C15H14ClFN4O2. The Balaban J connectivity index is 1.71. The number of nitrogens with one attached hydrogen (secondary N) is 1. The monoisotopic (exact) mass is 336 g/mol. The molecule has 0 aliphatic carbocycles. The van der Waals surface area contributed by atoms with Gasteiger partial charge in [-0.3, -0.25) is 14.3 Å². The van der Waals surface area contributed by atoms with Gasteiger partial charge in [0, 0.05) is 25.5 Å². The Hall–Kier alpha value is -2.41. The molecule has 1 atom stereocenters. The maximum atomic E-state index is 13.5. The molecule has 0 spiro atoms. The molecule has 1 aliphatic heterocycles. The minimum atomic E-state index is -0.638. The van der Waals surface area contributed by atoms with Crippen molar-refractivity contribution in [3.05, 3.63) is 47.0 Å². The average Bonchev–Trinajstić information content (AvgIpc) is 3.09. The fourth-order valence-electron chi connectivity index (χ4n) is 2.50. The number of aromatic nitrogens is 2. The van der Waals surface area contributed by atoms with Crippen molar-refractivity contribution in [2.75, 3.05) is 11.4 Å². The molecule has 1 aliphatic rings. The third-order valence-corrected chi connectivity index (χ3v) is 4.00. The van der Waals surface area contributed by atoms with Crippen molar-refractivity contribution >= 4 is 29.1 Å². The molecule has 8 heteroatoms. The number of halogens is 2. The maximum absolute atomic E-state index is 13.5. The second-order valence-electron chi connectivity index (χ2n) is 5.31. The first-order chi connectivity index (χ1) is 11.0. The van der Waals surface area contributed by atoms with Gasteiger partial charge in [-0.05, 0) is 24.6 Å². The zero-order valence-electron chi connectivity index (χ0n) is 12.3. The smallest absolute Gasteiger partial charge is 0.255 e. The van der Waals surface area contributed by atoms with Crippen LogP contribution in [0, 0.1) is 5.82 Å². The van der Waals surface area contributed by atoms with Gasteiger partial charge in [0.15, 0.2) is 0 Å². The third kappa shape index (κ3) is 3.05. The second kappa shape index (κ2) is 6.00. The van der Waals surface area contributed by atoms with Gasteiger partial charge in [-0.15, -0.1) is 0 Å². The lowest BCUT2D eigenvalue weighted by Crippen LogP contribution is -2.41. The first-order valence-corrected chi connectivity index (χ1v) is 7.39. The van der Waals surface area contributed by atoms with Gasteiger partial charge in [0.25, 0.3) is 5.91 Å². The van der Waals surface area contributed by atoms with Crippen molar-refractivity contribution in [3.63, 3.8) is 0 Å². The summed E-state index contributed by atoms with van der Waals surface area (Å²) in [6.45, 7) is 0.401. The predicted molar refractivity (Wildman–Crippen MR) is 82.8 cm³/mol. The van der Waals surface area contributed by atoms with Crippen molar-refractivity contribution in [2.45, 2.75) is 12.5 Å². The molecule has 0 bridgehead atoms. The Labute approximate surface area is 136 Å². The van der Waals surface area contributed by atoms with Crippen molar-refractivity contribution in [1.82, 2.24) is 15.1 Å². The summed E-state index contributed by atoms with van der Waals surface area (Å²) in [5.41, 5.74) is 0.811. The minimum absolute atomic E-state index is 0.00169. The van der Waals surface area contributed by atoms with E-state index in [0.29, 0.717) is 24.2 Å². The number of carbonyl (C=O) groups is 2. The van der Waals surface area contributed by atoms with Crippen LogP contribution in [-0.2, 0) is 11.8 Å². The third-order valence-electron chi connectivity index (χ3n) is 3.69. The number of aryl methyl sites for hydroxylation is 1. The highest BCUT2D eigenvalue weighted by Crippen LogP contribution is 2.25. The van der Waals surface area contributed by atoms with Crippen LogP contribution in [0.3, 0.4) is 0 Å². The highest BCUT2D eigenvalue weighted by molar-refractivity contribution is 6.30. The van der Waals surface area contributed by atoms with Gasteiger partial charge in [0.05, 0.1) is 16.8 Å². The topological polar surface area (TPSA) is 67.2 Å². The summed E-state index contributed by atoms with van der Waals surface area (Å²) in [6, 6.07) is 3.56. The summed E-state index contributed by atoms with van der Waals surface area (Å²) in [5, 5.41) is 6.60. The molecule has 1 N–H and O–H groups in total. The largest absolute Gasteiger partial charge is 0.340 e. The van der Waals surface area contributed by atoms with E-state index < -0.39 is 11.9 Å². The summed E-state index contributed by atoms with van der Waals surface area (Å²) < 4.78 is 15.0. The Morgan fingerprint density at radius 3 is 2.91 bits per heavy atom. The standard InChI is InChI=1S/C15H14ClFN4O2/c1-20-8-9(7-18-20)14(22)19-13-4-5-21(15(13)23)10-2-3-11(16)12(17)6-10/h2-3,6-8,13H,4-5H2,1H3,(H,19,22). The van der Waals surface area contributed by atoms with Crippen LogP contribution in [0.1, 0.15) is 16.8 Å². The first-order valence-electron chi connectivity index (χ1n) is 7.01. The molecular weight excluding hydrogens is 323 g/mol. The van der Waals surface area contributed by atoms with Crippen molar-refractivity contribution < 1.29 is 14.0 Å². The molecule has 3 rings (SSSR count). The number of carbonyl (C=O) groups excluding carboxylic acids is 2. The summed E-state index contributed by atoms with van der Waals surface area (Å²) in [6.07, 6.45) is 3.46. The molecule has 1 aromatic heterocycles. The van der Waals surface area contributed by atoms with Gasteiger partial charge in [-0.2, -0.15) is 5.10 Å². The van der Waals surface area contributed by atoms with E-state index in [1.165, 1.54) is 27.9 Å². The molecule has 0 saturated carbocycles. The quantitative estimate of drug-likeness (QED) is 0.928. The molecule has 120 valence electrons. The maximum Gasteiger partial charge on any atom is 0.255 e. The van der Waals surface area contributed by atoms with E-state index in [2.05, 4.69) is 10.4 Å². The lowest BCUT2D eigenvalue weighted by atomic mass is 10.2. The van der Waals surface area contributed by atoms with Gasteiger partial charge in [0.1, 0.15) is 11.9 Å². The van der Waals surface area contributed by atoms with E-state index in [-0.39, 0.29) is 16.8 Å². The average molecular weight is 337 g/mol. The summed E-state index contributed by atoms with van der Waals surface area (Å²) >= 11 is 5.65. The number of benzene rings is 1. The molecule has 2 heterocycles. The highest BCUT2D eigenvalue weighted by atomic mass is 35.5. The van der Waals surface area contributed by atoms with Crippen molar-refractivity contribution in [1.29, 1.82) is 0 Å². The Morgan fingerprint density at radius 1 is 1.48 bits per heavy atom. The number of hydrogen-bond acceptors (Lipinski definition) is 3. The molecule has 1 fully saturated rings. The zero-order valence-corrected chi connectivity index (χ0v) is 13.0. The molecule has 0 radical (unpaired) electrons. The lowest BCUT2D eigenvalue weighted by molar-refractivity contribution is -0.118. The van der Waals surface area contributed by atoms with E-state index in [1.807, 2.05) is 0 Å². The Bertz CT molecular complexity index is 777. The lowest BCUT2D eigenvalue weighted by Gasteiger charge is -2.17. The SMILES string of the molecule is Cn1cc(C(=O)NC2CCN(c3ccc(Cl)c(F)c3)C2=O)cn1. The van der Waals surface area contributed by atoms with Crippen LogP contribution in [0.5, 0.6) is 0 Å². The molecule has 2 amide bonds. The van der Waals surface area contributed by atoms with E-state index in [1.54, 1.807) is 19.3 Å². The van der Waals surface area contributed by atoms with Crippen LogP contribution >= 0.6 is 11.6 Å². The van der Waals surface area contributed by atoms with Gasteiger partial charge in [-0.25, -0.2) is 4.39 Å². The Morgan fingerprint density at radius 2 is 2.26 bits per heavy atom. The number of hydrogen-bond donors (Lipinski definition) is 1. The molecule has 6 nitrogen and oxygen atoms in total. The first kappa shape index (κ1) is 15.5. The molecule has 1 unspecified atom stereocenters. The van der Waals surface area contributed by atoms with Crippen LogP contribution in [0.2, 0.25) is 5.02 Å². The molecule has 2 aromatic rings. The van der Waals surface area contributed by atoms with Gasteiger partial charge in [0.2, 0.25) is 5.91 Å². The molecule has 1 saturated heterocycles. The fourth-order valence-corrected chi connectivity index (χ4v) is 2.62. The summed E-state index contributed by atoms with van der Waals surface area (Å²) in [7, 11) is 1.70. The minimum Gasteiger partial charge on any atom is -0.340 e. The number of rotatable bonds is 3. The zero-order chi connectivity index (χ0) is 16.6. The predicted octanol–water partition coefficient (Wildman–Crippen LogP) is 1.75. The van der Waals surface area contributed by atoms with E-state index >= 15 is 0 Å². The highest BCUT2D eigenvalue weighted by Gasteiger charge is 2.34. The summed E-state index contributed by atoms with van der Waals surface area (Å²) in [5.74, 6) is -1.22. The van der Waals surface area contributed by atoms with Gasteiger partial charge < -0.3 is 10.2 Å². The van der Waals surface area contributed by atoms with E-state index in [4.69, 9.17) is 11.6 Å². The van der Waals surface area contributed by atoms with Crippen LogP contribution in [0.25, 0.3) is 0 Å². The van der Waals surface area contributed by atoms with Crippen LogP contribution < -0.4 is 10.2 Å².